The van der Waals surface area contributed by atoms with Crippen molar-refractivity contribution in [2.75, 3.05) is 0 Å². The van der Waals surface area contributed by atoms with Crippen molar-refractivity contribution >= 4 is 37.7 Å². The van der Waals surface area contributed by atoms with E-state index in [2.05, 4.69) is 30.2 Å². The Labute approximate surface area is 201 Å². The zero-order chi connectivity index (χ0) is 23.9. The molecule has 176 valence electrons. The van der Waals surface area contributed by atoms with Gasteiger partial charge in [0, 0.05) is 23.4 Å². The highest BCUT2D eigenvalue weighted by atomic mass is 32.1. The summed E-state index contributed by atoms with van der Waals surface area (Å²) in [5.74, 6) is -0.211. The van der Waals surface area contributed by atoms with Gasteiger partial charge >= 0.3 is 0 Å². The van der Waals surface area contributed by atoms with Gasteiger partial charge in [-0.1, -0.05) is 37.3 Å². The Balaban J connectivity index is 1.38. The topological polar surface area (TPSA) is 86.1 Å². The van der Waals surface area contributed by atoms with Gasteiger partial charge in [0.15, 0.2) is 0 Å². The van der Waals surface area contributed by atoms with Crippen molar-refractivity contribution in [2.45, 2.75) is 64.8 Å². The predicted molar refractivity (Wildman–Crippen MR) is 134 cm³/mol. The number of benzene rings is 1. The average molecular weight is 477 g/mol. The molecule has 0 fully saturated rings. The fraction of sp³-hybridized carbons (Fsp3) is 0.385. The van der Waals surface area contributed by atoms with Crippen molar-refractivity contribution in [3.63, 3.8) is 0 Å². The van der Waals surface area contributed by atoms with Crippen LogP contribution in [0.25, 0.3) is 20.4 Å². The van der Waals surface area contributed by atoms with Crippen molar-refractivity contribution in [1.82, 2.24) is 19.9 Å². The highest BCUT2D eigenvalue weighted by Crippen LogP contribution is 2.35. The molecule has 0 saturated carbocycles. The summed E-state index contributed by atoms with van der Waals surface area (Å²) in [6.45, 7) is 6.63. The molecule has 4 heterocycles. The van der Waals surface area contributed by atoms with E-state index in [0.717, 1.165) is 46.3 Å². The van der Waals surface area contributed by atoms with Crippen LogP contribution in [-0.4, -0.2) is 32.1 Å². The summed E-state index contributed by atoms with van der Waals surface area (Å²) >= 11 is 1.35. The highest BCUT2D eigenvalue weighted by molar-refractivity contribution is 7.25. The van der Waals surface area contributed by atoms with E-state index in [1.165, 1.54) is 22.2 Å². The maximum Gasteiger partial charge on any atom is 0.271 e. The number of hydrogen-bond acceptors (Lipinski definition) is 6. The number of carbonyl (C=O) groups is 1. The third-order valence-electron chi connectivity index (χ3n) is 6.58. The van der Waals surface area contributed by atoms with Crippen molar-refractivity contribution in [3.05, 3.63) is 69.9 Å². The third kappa shape index (κ3) is 4.35. The summed E-state index contributed by atoms with van der Waals surface area (Å²) in [6, 6.07) is 12.0. The molecule has 1 aromatic carbocycles. The Kier molecular flexibility index (Phi) is 5.95. The van der Waals surface area contributed by atoms with Crippen molar-refractivity contribution in [1.29, 1.82) is 0 Å². The molecule has 8 heteroatoms. The Morgan fingerprint density at radius 2 is 2.12 bits per heavy atom. The number of nitrogens with one attached hydrogen (secondary N) is 1. The van der Waals surface area contributed by atoms with Crippen LogP contribution in [0.1, 0.15) is 44.0 Å². The molecule has 1 aliphatic rings. The van der Waals surface area contributed by atoms with Crippen LogP contribution in [0.2, 0.25) is 0 Å². The first-order valence-corrected chi connectivity index (χ1v) is 12.4. The Bertz CT molecular complexity index is 1430. The second-order valence-electron chi connectivity index (χ2n) is 9.33. The fourth-order valence-corrected chi connectivity index (χ4v) is 5.52. The summed E-state index contributed by atoms with van der Waals surface area (Å²) in [5, 5.41) is 3.85. The van der Waals surface area contributed by atoms with E-state index in [4.69, 9.17) is 9.72 Å². The summed E-state index contributed by atoms with van der Waals surface area (Å²) in [5.41, 5.74) is 3.45. The fourth-order valence-electron chi connectivity index (χ4n) is 4.44. The number of aromatic nitrogens is 3. The summed E-state index contributed by atoms with van der Waals surface area (Å²) in [7, 11) is 0. The molecule has 2 atom stereocenters. The molecule has 0 aliphatic carbocycles. The van der Waals surface area contributed by atoms with Crippen molar-refractivity contribution < 1.29 is 9.53 Å². The third-order valence-corrected chi connectivity index (χ3v) is 7.65. The first-order chi connectivity index (χ1) is 16.3. The van der Waals surface area contributed by atoms with Crippen molar-refractivity contribution in [3.8, 4) is 0 Å². The highest BCUT2D eigenvalue weighted by Gasteiger charge is 2.31. The number of nitrogens with zero attached hydrogens (tertiary/aromatic N) is 3. The normalized spacial score (nSPS) is 18.7. The standard InChI is InChI=1S/C26H28N4O3S/c1-4-26(3)12-20-18(14-33-26)11-19-22-23(34-24(19)29-20)25(32)30(15-27-22)13-21(31)28-16(2)10-17-8-6-5-7-9-17/h5-9,11,15-16H,4,10,12-14H2,1-3H3,(H,28,31)/t16-,26+/m0/s1. The SMILES string of the molecule is CC[C@]1(C)Cc2nc3sc4c(=O)n(CC(=O)N[C@@H](C)Cc5ccccc5)cnc4c3cc2CO1. The molecule has 7 nitrogen and oxygen atoms in total. The number of carbonyl (C=O) groups excluding carboxylic acids is 1. The summed E-state index contributed by atoms with van der Waals surface area (Å²) in [4.78, 5) is 36.0. The van der Waals surface area contributed by atoms with Crippen LogP contribution < -0.4 is 10.9 Å². The largest absolute Gasteiger partial charge is 0.370 e. The second-order valence-corrected chi connectivity index (χ2v) is 10.3. The van der Waals surface area contributed by atoms with Gasteiger partial charge in [0.2, 0.25) is 5.91 Å². The molecular formula is C26H28N4O3S. The van der Waals surface area contributed by atoms with E-state index < -0.39 is 0 Å². The van der Waals surface area contributed by atoms with Gasteiger partial charge in [0.1, 0.15) is 16.1 Å². The maximum atomic E-state index is 13.2. The minimum absolute atomic E-state index is 0.0434. The van der Waals surface area contributed by atoms with Crippen LogP contribution in [-0.2, 0) is 35.5 Å². The lowest BCUT2D eigenvalue weighted by molar-refractivity contribution is -0.122. The van der Waals surface area contributed by atoms with Crippen LogP contribution in [0, 0.1) is 0 Å². The molecule has 5 rings (SSSR count). The lowest BCUT2D eigenvalue weighted by atomic mass is 9.91. The molecule has 1 N–H and O–H groups in total. The van der Waals surface area contributed by atoms with E-state index in [0.29, 0.717) is 16.8 Å². The zero-order valence-corrected chi connectivity index (χ0v) is 20.4. The summed E-state index contributed by atoms with van der Waals surface area (Å²) < 4.78 is 7.97. The van der Waals surface area contributed by atoms with E-state index in [9.17, 15) is 9.59 Å². The minimum atomic E-state index is -0.216. The molecule has 0 bridgehead atoms. The van der Waals surface area contributed by atoms with Gasteiger partial charge < -0.3 is 10.1 Å². The van der Waals surface area contributed by atoms with E-state index in [1.807, 2.05) is 37.3 Å². The van der Waals surface area contributed by atoms with E-state index >= 15 is 0 Å². The lowest BCUT2D eigenvalue weighted by Gasteiger charge is -2.33. The first-order valence-electron chi connectivity index (χ1n) is 11.6. The molecular weight excluding hydrogens is 448 g/mol. The lowest BCUT2D eigenvalue weighted by Crippen LogP contribution is -2.38. The zero-order valence-electron chi connectivity index (χ0n) is 19.6. The summed E-state index contributed by atoms with van der Waals surface area (Å²) in [6.07, 6.45) is 3.85. The Hall–Kier alpha value is -3.10. The van der Waals surface area contributed by atoms with Gasteiger partial charge in [-0.15, -0.1) is 11.3 Å². The first kappa shape index (κ1) is 22.7. The smallest absolute Gasteiger partial charge is 0.271 e. The van der Waals surface area contributed by atoms with Crippen LogP contribution in [0.5, 0.6) is 0 Å². The van der Waals surface area contributed by atoms with Crippen LogP contribution in [0.4, 0.5) is 0 Å². The van der Waals surface area contributed by atoms with Gasteiger partial charge in [-0.2, -0.15) is 0 Å². The molecule has 4 aromatic rings. The number of amides is 1. The minimum Gasteiger partial charge on any atom is -0.370 e. The number of pyridine rings is 1. The molecule has 0 unspecified atom stereocenters. The van der Waals surface area contributed by atoms with E-state index in [-0.39, 0.29) is 29.7 Å². The molecule has 3 aromatic heterocycles. The van der Waals surface area contributed by atoms with Gasteiger partial charge in [-0.3, -0.25) is 14.2 Å². The Morgan fingerprint density at radius 1 is 1.32 bits per heavy atom. The number of rotatable bonds is 6. The average Bonchev–Trinajstić information content (AvgIpc) is 3.18. The number of ether oxygens (including phenoxy) is 1. The number of thiophene rings is 1. The van der Waals surface area contributed by atoms with Gasteiger partial charge in [0.05, 0.1) is 29.7 Å². The Morgan fingerprint density at radius 3 is 2.88 bits per heavy atom. The van der Waals surface area contributed by atoms with Crippen molar-refractivity contribution in [2.24, 2.45) is 0 Å². The number of hydrogen-bond donors (Lipinski definition) is 1. The van der Waals surface area contributed by atoms with Gasteiger partial charge in [-0.25, -0.2) is 9.97 Å². The molecule has 0 spiro atoms. The van der Waals surface area contributed by atoms with Crippen LogP contribution in [0.15, 0.2) is 47.5 Å². The van der Waals surface area contributed by atoms with Gasteiger partial charge in [0.25, 0.3) is 5.56 Å². The molecule has 34 heavy (non-hydrogen) atoms. The molecule has 1 amide bonds. The maximum absolute atomic E-state index is 13.2. The second kappa shape index (κ2) is 8.92. The van der Waals surface area contributed by atoms with Gasteiger partial charge in [-0.05, 0) is 38.3 Å². The van der Waals surface area contributed by atoms with Crippen LogP contribution in [0.3, 0.4) is 0 Å². The molecule has 1 aliphatic heterocycles. The molecule has 0 radical (unpaired) electrons. The van der Waals surface area contributed by atoms with Crippen LogP contribution >= 0.6 is 11.3 Å². The quantitative estimate of drug-likeness (QED) is 0.455. The predicted octanol–water partition coefficient (Wildman–Crippen LogP) is 4.00. The monoisotopic (exact) mass is 476 g/mol. The molecule has 0 saturated heterocycles. The van der Waals surface area contributed by atoms with E-state index in [1.54, 1.807) is 0 Å². The number of fused-ring (bicyclic) bond motifs is 4.